The minimum atomic E-state index is -0.211. The Morgan fingerprint density at radius 1 is 1.18 bits per heavy atom. The summed E-state index contributed by atoms with van der Waals surface area (Å²) in [5.74, 6) is 1.58. The zero-order valence-corrected chi connectivity index (χ0v) is 20.9. The fraction of sp³-hybridized carbons (Fsp3) is 0.577. The van der Waals surface area contributed by atoms with Crippen LogP contribution in [0, 0.1) is 11.8 Å². The Labute approximate surface area is 197 Å². The molecule has 1 N–H and O–H groups in total. The van der Waals surface area contributed by atoms with Crippen LogP contribution in [0.4, 0.5) is 5.82 Å². The number of amides is 2. The van der Waals surface area contributed by atoms with E-state index in [0.29, 0.717) is 18.3 Å². The van der Waals surface area contributed by atoms with Gasteiger partial charge in [0, 0.05) is 23.9 Å². The van der Waals surface area contributed by atoms with Gasteiger partial charge in [0.05, 0.1) is 25.0 Å². The maximum Gasteiger partial charge on any atom is 0.245 e. The molecule has 1 aliphatic carbocycles. The first kappa shape index (κ1) is 24.8. The summed E-state index contributed by atoms with van der Waals surface area (Å²) < 4.78 is 7.00. The lowest BCUT2D eigenvalue weighted by Gasteiger charge is -2.26. The Morgan fingerprint density at radius 2 is 1.82 bits per heavy atom. The van der Waals surface area contributed by atoms with Gasteiger partial charge in [-0.25, -0.2) is 4.68 Å². The Balaban J connectivity index is 1.83. The monoisotopic (exact) mass is 454 g/mol. The van der Waals surface area contributed by atoms with E-state index in [1.165, 1.54) is 0 Å². The molecule has 1 aromatic carbocycles. The van der Waals surface area contributed by atoms with Crippen LogP contribution in [0.5, 0.6) is 5.75 Å². The zero-order valence-electron chi connectivity index (χ0n) is 20.9. The van der Waals surface area contributed by atoms with E-state index in [1.54, 1.807) is 16.7 Å². The zero-order chi connectivity index (χ0) is 24.2. The van der Waals surface area contributed by atoms with Gasteiger partial charge >= 0.3 is 0 Å². The highest BCUT2D eigenvalue weighted by molar-refractivity contribution is 5.94. The minimum Gasteiger partial charge on any atom is -0.497 e. The number of benzene rings is 1. The molecule has 0 radical (unpaired) electrons. The van der Waals surface area contributed by atoms with Gasteiger partial charge in [-0.2, -0.15) is 5.10 Å². The average molecular weight is 455 g/mol. The second kappa shape index (κ2) is 10.4. The van der Waals surface area contributed by atoms with E-state index in [4.69, 9.17) is 9.84 Å². The molecule has 3 rings (SSSR count). The van der Waals surface area contributed by atoms with Crippen LogP contribution in [-0.4, -0.2) is 46.7 Å². The molecule has 33 heavy (non-hydrogen) atoms. The van der Waals surface area contributed by atoms with Crippen molar-refractivity contribution in [3.63, 3.8) is 0 Å². The van der Waals surface area contributed by atoms with E-state index in [2.05, 4.69) is 39.9 Å². The van der Waals surface area contributed by atoms with Crippen LogP contribution in [-0.2, 0) is 15.0 Å². The van der Waals surface area contributed by atoms with Gasteiger partial charge in [-0.3, -0.25) is 9.59 Å². The average Bonchev–Trinajstić information content (AvgIpc) is 3.42. The number of rotatable bonds is 8. The lowest BCUT2D eigenvalue weighted by Crippen LogP contribution is -2.42. The van der Waals surface area contributed by atoms with E-state index < -0.39 is 0 Å². The van der Waals surface area contributed by atoms with Gasteiger partial charge in [-0.05, 0) is 43.0 Å². The van der Waals surface area contributed by atoms with Gasteiger partial charge in [-0.1, -0.05) is 47.5 Å². The fourth-order valence-electron chi connectivity index (χ4n) is 4.22. The summed E-state index contributed by atoms with van der Waals surface area (Å²) in [6, 6.07) is 9.45. The number of hydrogen-bond acceptors (Lipinski definition) is 4. The third kappa shape index (κ3) is 6.36. The number of methoxy groups -OCH3 is 1. The van der Waals surface area contributed by atoms with Gasteiger partial charge < -0.3 is 15.0 Å². The van der Waals surface area contributed by atoms with Crippen molar-refractivity contribution >= 4 is 17.6 Å². The van der Waals surface area contributed by atoms with E-state index in [0.717, 1.165) is 42.8 Å². The van der Waals surface area contributed by atoms with Gasteiger partial charge in [-0.15, -0.1) is 0 Å². The maximum atomic E-state index is 13.1. The minimum absolute atomic E-state index is 0.0478. The smallest absolute Gasteiger partial charge is 0.245 e. The Morgan fingerprint density at radius 3 is 2.36 bits per heavy atom. The molecule has 1 aliphatic rings. The van der Waals surface area contributed by atoms with Crippen LogP contribution in [0.15, 0.2) is 30.3 Å². The predicted molar refractivity (Wildman–Crippen MR) is 131 cm³/mol. The van der Waals surface area contributed by atoms with E-state index in [9.17, 15) is 9.59 Å². The number of nitrogens with zero attached hydrogens (tertiary/aromatic N) is 3. The standard InChI is InChI=1S/C26H38N4O3/c1-18(2)16-29(25(32)19-9-7-8-10-19)17-24(31)27-23-15-22(26(3,4)5)28-30(23)20-11-13-21(33-6)14-12-20/h11-15,18-19H,7-10,16-17H2,1-6H3,(H,27,31). The first-order valence-electron chi connectivity index (χ1n) is 11.9. The summed E-state index contributed by atoms with van der Waals surface area (Å²) in [6.07, 6.45) is 4.03. The molecule has 180 valence electrons. The van der Waals surface area contributed by atoms with E-state index >= 15 is 0 Å². The van der Waals surface area contributed by atoms with Crippen LogP contribution >= 0.6 is 0 Å². The first-order valence-corrected chi connectivity index (χ1v) is 11.9. The van der Waals surface area contributed by atoms with Crippen molar-refractivity contribution in [3.8, 4) is 11.4 Å². The van der Waals surface area contributed by atoms with Crippen molar-refractivity contribution in [2.75, 3.05) is 25.5 Å². The van der Waals surface area contributed by atoms with Crippen molar-refractivity contribution in [2.24, 2.45) is 11.8 Å². The van der Waals surface area contributed by atoms with E-state index in [-0.39, 0.29) is 29.7 Å². The SMILES string of the molecule is COc1ccc(-n2nc(C(C)(C)C)cc2NC(=O)CN(CC(C)C)C(=O)C2CCCC2)cc1. The summed E-state index contributed by atoms with van der Waals surface area (Å²) in [7, 11) is 1.63. The number of carbonyl (C=O) groups is 2. The normalized spacial score (nSPS) is 14.5. The molecule has 7 heteroatoms. The number of anilines is 1. The molecule has 0 aliphatic heterocycles. The third-order valence-electron chi connectivity index (χ3n) is 6.00. The molecule has 7 nitrogen and oxygen atoms in total. The fourth-order valence-corrected chi connectivity index (χ4v) is 4.22. The summed E-state index contributed by atoms with van der Waals surface area (Å²) in [5, 5.41) is 7.78. The molecular formula is C26H38N4O3. The van der Waals surface area contributed by atoms with Gasteiger partial charge in [0.15, 0.2) is 0 Å². The maximum absolute atomic E-state index is 13.1. The number of nitrogens with one attached hydrogen (secondary N) is 1. The summed E-state index contributed by atoms with van der Waals surface area (Å²) in [4.78, 5) is 27.9. The molecule has 0 atom stereocenters. The summed E-state index contributed by atoms with van der Waals surface area (Å²) in [5.41, 5.74) is 1.51. The second-order valence-corrected chi connectivity index (χ2v) is 10.4. The number of hydrogen-bond donors (Lipinski definition) is 1. The van der Waals surface area contributed by atoms with Crippen LogP contribution in [0.1, 0.15) is 66.0 Å². The Hall–Kier alpha value is -2.83. The van der Waals surface area contributed by atoms with Gasteiger partial charge in [0.25, 0.3) is 0 Å². The van der Waals surface area contributed by atoms with Crippen LogP contribution in [0.2, 0.25) is 0 Å². The highest BCUT2D eigenvalue weighted by Gasteiger charge is 2.29. The molecule has 1 aromatic heterocycles. The molecule has 1 saturated carbocycles. The highest BCUT2D eigenvalue weighted by atomic mass is 16.5. The molecule has 0 unspecified atom stereocenters. The lowest BCUT2D eigenvalue weighted by atomic mass is 9.92. The summed E-state index contributed by atoms with van der Waals surface area (Å²) >= 11 is 0. The third-order valence-corrected chi connectivity index (χ3v) is 6.00. The Bertz CT molecular complexity index is 951. The second-order valence-electron chi connectivity index (χ2n) is 10.4. The molecule has 2 amide bonds. The molecule has 2 aromatic rings. The van der Waals surface area contributed by atoms with Crippen LogP contribution in [0.3, 0.4) is 0 Å². The van der Waals surface area contributed by atoms with Crippen LogP contribution < -0.4 is 10.1 Å². The molecule has 0 bridgehead atoms. The number of aromatic nitrogens is 2. The summed E-state index contributed by atoms with van der Waals surface area (Å²) in [6.45, 7) is 11.0. The molecular weight excluding hydrogens is 416 g/mol. The van der Waals surface area contributed by atoms with Crippen molar-refractivity contribution in [3.05, 3.63) is 36.0 Å². The van der Waals surface area contributed by atoms with Crippen molar-refractivity contribution in [1.82, 2.24) is 14.7 Å². The molecule has 1 fully saturated rings. The van der Waals surface area contributed by atoms with Gasteiger partial charge in [0.1, 0.15) is 11.6 Å². The Kier molecular flexibility index (Phi) is 7.82. The molecule has 0 saturated heterocycles. The first-order chi connectivity index (χ1) is 15.6. The van der Waals surface area contributed by atoms with E-state index in [1.807, 2.05) is 30.3 Å². The van der Waals surface area contributed by atoms with Crippen molar-refractivity contribution < 1.29 is 14.3 Å². The quantitative estimate of drug-likeness (QED) is 0.622. The van der Waals surface area contributed by atoms with Crippen LogP contribution in [0.25, 0.3) is 5.69 Å². The highest BCUT2D eigenvalue weighted by Crippen LogP contribution is 2.28. The number of ether oxygens (including phenoxy) is 1. The largest absolute Gasteiger partial charge is 0.497 e. The molecule has 1 heterocycles. The topological polar surface area (TPSA) is 76.5 Å². The predicted octanol–water partition coefficient (Wildman–Crippen LogP) is 4.79. The molecule has 0 spiro atoms. The van der Waals surface area contributed by atoms with Crippen molar-refractivity contribution in [2.45, 2.75) is 65.7 Å². The van der Waals surface area contributed by atoms with Gasteiger partial charge in [0.2, 0.25) is 11.8 Å². The van der Waals surface area contributed by atoms with Crippen molar-refractivity contribution in [1.29, 1.82) is 0 Å². The number of carbonyl (C=O) groups excluding carboxylic acids is 2. The lowest BCUT2D eigenvalue weighted by molar-refractivity contribution is -0.138.